The molecular formula is C18H15BrN2O4. The molecule has 6 nitrogen and oxygen atoms in total. The van der Waals surface area contributed by atoms with Crippen LogP contribution in [0, 0.1) is 0 Å². The fourth-order valence-corrected chi connectivity index (χ4v) is 2.58. The fraction of sp³-hybridized carbons (Fsp3) is 0.167. The number of pyridine rings is 2. The molecular weight excluding hydrogens is 388 g/mol. The summed E-state index contributed by atoms with van der Waals surface area (Å²) in [5.41, 5.74) is 1.29. The third-order valence-corrected chi connectivity index (χ3v) is 3.87. The second kappa shape index (κ2) is 7.94. The van der Waals surface area contributed by atoms with Crippen molar-refractivity contribution in [2.45, 2.75) is 0 Å². The van der Waals surface area contributed by atoms with Crippen molar-refractivity contribution in [2.75, 3.05) is 20.3 Å². The van der Waals surface area contributed by atoms with E-state index in [1.54, 1.807) is 12.3 Å². The highest BCUT2D eigenvalue weighted by molar-refractivity contribution is 9.10. The van der Waals surface area contributed by atoms with Crippen LogP contribution in [0.4, 0.5) is 0 Å². The summed E-state index contributed by atoms with van der Waals surface area (Å²) in [5, 5.41) is 0.986. The van der Waals surface area contributed by atoms with Gasteiger partial charge in [0.15, 0.2) is 0 Å². The Bertz CT molecular complexity index is 901. The van der Waals surface area contributed by atoms with E-state index in [0.717, 1.165) is 15.4 Å². The van der Waals surface area contributed by atoms with Crippen LogP contribution in [0.25, 0.3) is 10.9 Å². The van der Waals surface area contributed by atoms with Gasteiger partial charge in [-0.25, -0.2) is 9.78 Å². The quantitative estimate of drug-likeness (QED) is 0.463. The fourth-order valence-electron chi connectivity index (χ4n) is 2.20. The SMILES string of the molecule is COC(=O)c1ccnc(OCCOc2cnc3ccc(Br)cc3c2)c1. The summed E-state index contributed by atoms with van der Waals surface area (Å²) < 4.78 is 16.8. The number of esters is 1. The molecule has 7 heteroatoms. The van der Waals surface area contributed by atoms with Crippen LogP contribution in [0.3, 0.4) is 0 Å². The second-order valence-corrected chi connectivity index (χ2v) is 5.99. The standard InChI is InChI=1S/C18H15BrN2O4/c1-23-18(22)12-4-5-20-17(10-12)25-7-6-24-15-9-13-8-14(19)2-3-16(13)21-11-15/h2-5,8-11H,6-7H2,1H3. The van der Waals surface area contributed by atoms with Crippen molar-refractivity contribution in [3.8, 4) is 11.6 Å². The molecule has 0 aliphatic heterocycles. The van der Waals surface area contributed by atoms with E-state index in [0.29, 0.717) is 23.8 Å². The lowest BCUT2D eigenvalue weighted by molar-refractivity contribution is 0.0600. The first kappa shape index (κ1) is 17.2. The molecule has 0 fully saturated rings. The van der Waals surface area contributed by atoms with Crippen LogP contribution < -0.4 is 9.47 Å². The van der Waals surface area contributed by atoms with E-state index in [4.69, 9.17) is 9.47 Å². The van der Waals surface area contributed by atoms with E-state index in [9.17, 15) is 4.79 Å². The molecule has 0 saturated heterocycles. The number of hydrogen-bond acceptors (Lipinski definition) is 6. The molecule has 0 radical (unpaired) electrons. The number of carbonyl (C=O) groups excluding carboxylic acids is 1. The molecule has 0 aliphatic carbocycles. The Morgan fingerprint density at radius 3 is 2.76 bits per heavy atom. The average molecular weight is 403 g/mol. The van der Waals surface area contributed by atoms with Crippen molar-refractivity contribution < 1.29 is 19.0 Å². The lowest BCUT2D eigenvalue weighted by Crippen LogP contribution is -2.10. The normalized spacial score (nSPS) is 10.5. The molecule has 1 aromatic carbocycles. The first-order valence-corrected chi connectivity index (χ1v) is 8.30. The zero-order chi connectivity index (χ0) is 17.6. The largest absolute Gasteiger partial charge is 0.488 e. The maximum atomic E-state index is 11.5. The van der Waals surface area contributed by atoms with Crippen LogP contribution in [-0.4, -0.2) is 36.3 Å². The Morgan fingerprint density at radius 1 is 1.08 bits per heavy atom. The molecule has 0 N–H and O–H groups in total. The minimum Gasteiger partial charge on any atom is -0.488 e. The molecule has 0 atom stereocenters. The van der Waals surface area contributed by atoms with E-state index in [1.165, 1.54) is 19.4 Å². The molecule has 2 aromatic heterocycles. The van der Waals surface area contributed by atoms with Crippen molar-refractivity contribution in [2.24, 2.45) is 0 Å². The summed E-state index contributed by atoms with van der Waals surface area (Å²) in [6.07, 6.45) is 3.17. The minimum atomic E-state index is -0.433. The average Bonchev–Trinajstić information content (AvgIpc) is 2.64. The maximum absolute atomic E-state index is 11.5. The Hall–Kier alpha value is -2.67. The monoisotopic (exact) mass is 402 g/mol. The predicted molar refractivity (Wildman–Crippen MR) is 96.0 cm³/mol. The molecule has 0 amide bonds. The molecule has 0 saturated carbocycles. The number of methoxy groups -OCH3 is 1. The van der Waals surface area contributed by atoms with E-state index in [2.05, 4.69) is 30.6 Å². The number of fused-ring (bicyclic) bond motifs is 1. The van der Waals surface area contributed by atoms with E-state index in [1.807, 2.05) is 24.3 Å². The lowest BCUT2D eigenvalue weighted by Gasteiger charge is -2.09. The Balaban J connectivity index is 1.56. The van der Waals surface area contributed by atoms with Gasteiger partial charge < -0.3 is 14.2 Å². The third-order valence-electron chi connectivity index (χ3n) is 3.38. The van der Waals surface area contributed by atoms with Crippen molar-refractivity contribution in [1.82, 2.24) is 9.97 Å². The van der Waals surface area contributed by atoms with Gasteiger partial charge in [-0.2, -0.15) is 0 Å². The summed E-state index contributed by atoms with van der Waals surface area (Å²) in [6, 6.07) is 10.9. The third kappa shape index (κ3) is 4.45. The van der Waals surface area contributed by atoms with Crippen molar-refractivity contribution in [3.63, 3.8) is 0 Å². The number of benzene rings is 1. The summed E-state index contributed by atoms with van der Waals surface area (Å²) >= 11 is 3.44. The first-order valence-electron chi connectivity index (χ1n) is 7.51. The Kier molecular flexibility index (Phi) is 5.45. The zero-order valence-corrected chi connectivity index (χ0v) is 15.0. The summed E-state index contributed by atoms with van der Waals surface area (Å²) in [7, 11) is 1.33. The number of halogens is 1. The number of rotatable bonds is 6. The van der Waals surface area contributed by atoms with Gasteiger partial charge in [0.1, 0.15) is 19.0 Å². The van der Waals surface area contributed by atoms with Crippen molar-refractivity contribution >= 4 is 32.8 Å². The van der Waals surface area contributed by atoms with Gasteiger partial charge in [-0.15, -0.1) is 0 Å². The molecule has 0 unspecified atom stereocenters. The lowest BCUT2D eigenvalue weighted by atomic mass is 10.2. The van der Waals surface area contributed by atoms with Crippen LogP contribution in [0.2, 0.25) is 0 Å². The topological polar surface area (TPSA) is 70.5 Å². The van der Waals surface area contributed by atoms with E-state index < -0.39 is 5.97 Å². The van der Waals surface area contributed by atoms with Gasteiger partial charge in [0.2, 0.25) is 5.88 Å². The van der Waals surface area contributed by atoms with Gasteiger partial charge in [-0.05, 0) is 30.3 Å². The van der Waals surface area contributed by atoms with Crippen LogP contribution in [0.15, 0.2) is 53.3 Å². The summed E-state index contributed by atoms with van der Waals surface area (Å²) in [4.78, 5) is 19.9. The molecule has 25 heavy (non-hydrogen) atoms. The second-order valence-electron chi connectivity index (χ2n) is 5.08. The maximum Gasteiger partial charge on any atom is 0.338 e. The highest BCUT2D eigenvalue weighted by Gasteiger charge is 2.07. The van der Waals surface area contributed by atoms with E-state index in [-0.39, 0.29) is 6.61 Å². The highest BCUT2D eigenvalue weighted by Crippen LogP contribution is 2.22. The van der Waals surface area contributed by atoms with Crippen molar-refractivity contribution in [3.05, 3.63) is 58.8 Å². The van der Waals surface area contributed by atoms with Gasteiger partial charge in [-0.1, -0.05) is 15.9 Å². The number of carbonyl (C=O) groups is 1. The van der Waals surface area contributed by atoms with Gasteiger partial charge in [0, 0.05) is 22.1 Å². The molecule has 0 spiro atoms. The van der Waals surface area contributed by atoms with E-state index >= 15 is 0 Å². The molecule has 3 aromatic rings. The smallest absolute Gasteiger partial charge is 0.338 e. The molecule has 0 bridgehead atoms. The minimum absolute atomic E-state index is 0.286. The highest BCUT2D eigenvalue weighted by atomic mass is 79.9. The molecule has 0 aliphatic rings. The number of hydrogen-bond donors (Lipinski definition) is 0. The number of nitrogens with zero attached hydrogens (tertiary/aromatic N) is 2. The predicted octanol–water partition coefficient (Wildman–Crippen LogP) is 3.64. The summed E-state index contributed by atoms with van der Waals surface area (Å²) in [6.45, 7) is 0.611. The van der Waals surface area contributed by atoms with Gasteiger partial charge in [0.05, 0.1) is 24.4 Å². The zero-order valence-electron chi connectivity index (χ0n) is 13.4. The number of aromatic nitrogens is 2. The van der Waals surface area contributed by atoms with Gasteiger partial charge >= 0.3 is 5.97 Å². The van der Waals surface area contributed by atoms with Gasteiger partial charge in [0.25, 0.3) is 0 Å². The Labute approximate surface area is 152 Å². The molecule has 3 rings (SSSR count). The Morgan fingerprint density at radius 2 is 1.92 bits per heavy atom. The summed E-state index contributed by atoms with van der Waals surface area (Å²) in [5.74, 6) is 0.564. The van der Waals surface area contributed by atoms with Crippen LogP contribution >= 0.6 is 15.9 Å². The molecule has 2 heterocycles. The van der Waals surface area contributed by atoms with Crippen LogP contribution in [-0.2, 0) is 4.74 Å². The van der Waals surface area contributed by atoms with Gasteiger partial charge in [-0.3, -0.25) is 4.98 Å². The van der Waals surface area contributed by atoms with Crippen molar-refractivity contribution in [1.29, 1.82) is 0 Å². The van der Waals surface area contributed by atoms with Crippen LogP contribution in [0.1, 0.15) is 10.4 Å². The first-order chi connectivity index (χ1) is 12.2. The number of ether oxygens (including phenoxy) is 3. The van der Waals surface area contributed by atoms with Crippen LogP contribution in [0.5, 0.6) is 11.6 Å². The molecule has 128 valence electrons.